The first-order valence-corrected chi connectivity index (χ1v) is 9.78. The minimum atomic E-state index is -1.05. The number of carboxylic acids is 1. The van der Waals surface area contributed by atoms with Gasteiger partial charge in [0.2, 0.25) is 5.91 Å². The number of aryl methyl sites for hydroxylation is 2. The van der Waals surface area contributed by atoms with Crippen LogP contribution in [0.5, 0.6) is 0 Å². The van der Waals surface area contributed by atoms with Crippen molar-refractivity contribution in [2.75, 3.05) is 0 Å². The number of amides is 1. The molecule has 29 heavy (non-hydrogen) atoms. The van der Waals surface area contributed by atoms with Crippen LogP contribution in [-0.4, -0.2) is 23.0 Å². The van der Waals surface area contributed by atoms with Crippen LogP contribution in [-0.2, 0) is 16.0 Å². The number of carboxylic acid groups (broad SMARTS) is 1. The lowest BCUT2D eigenvalue weighted by Gasteiger charge is -2.14. The molecule has 154 valence electrons. The molecule has 0 aliphatic carbocycles. The van der Waals surface area contributed by atoms with Gasteiger partial charge in [-0.05, 0) is 43.9 Å². The topological polar surface area (TPSA) is 110 Å². The number of unbranched alkanes of at least 4 members (excludes halogenated alkanes) is 1. The maximum absolute atomic E-state index is 12.5. The SMILES string of the molecule is CCCC[C@@H](NC(=O)CCc1c(C)c2cc3c(C)coc3cc2oc1=O)C(=O)O. The van der Waals surface area contributed by atoms with E-state index in [1.165, 1.54) is 0 Å². The van der Waals surface area contributed by atoms with Gasteiger partial charge in [0.25, 0.3) is 0 Å². The molecule has 0 fully saturated rings. The molecule has 0 saturated heterocycles. The Morgan fingerprint density at radius 2 is 1.93 bits per heavy atom. The summed E-state index contributed by atoms with van der Waals surface area (Å²) in [6.45, 7) is 5.73. The van der Waals surface area contributed by atoms with Gasteiger partial charge in [-0.15, -0.1) is 0 Å². The fourth-order valence-corrected chi connectivity index (χ4v) is 3.50. The molecule has 3 aromatic rings. The highest BCUT2D eigenvalue weighted by Crippen LogP contribution is 2.29. The maximum Gasteiger partial charge on any atom is 0.339 e. The van der Waals surface area contributed by atoms with Gasteiger partial charge in [-0.1, -0.05) is 19.8 Å². The summed E-state index contributed by atoms with van der Waals surface area (Å²) in [5.74, 6) is -1.44. The quantitative estimate of drug-likeness (QED) is 0.557. The van der Waals surface area contributed by atoms with Crippen molar-refractivity contribution < 1.29 is 23.5 Å². The zero-order valence-corrected chi connectivity index (χ0v) is 16.8. The second kappa shape index (κ2) is 8.51. The fourth-order valence-electron chi connectivity index (χ4n) is 3.50. The Kier molecular flexibility index (Phi) is 6.06. The van der Waals surface area contributed by atoms with E-state index in [2.05, 4.69) is 5.32 Å². The predicted octanol–water partition coefficient (Wildman–Crippen LogP) is 3.85. The number of nitrogens with one attached hydrogen (secondary N) is 1. The third-order valence-corrected chi connectivity index (χ3v) is 5.26. The highest BCUT2D eigenvalue weighted by atomic mass is 16.4. The van der Waals surface area contributed by atoms with E-state index in [4.69, 9.17) is 8.83 Å². The van der Waals surface area contributed by atoms with E-state index in [1.807, 2.05) is 26.8 Å². The van der Waals surface area contributed by atoms with Gasteiger partial charge in [0, 0.05) is 28.8 Å². The summed E-state index contributed by atoms with van der Waals surface area (Å²) < 4.78 is 10.9. The van der Waals surface area contributed by atoms with E-state index in [0.717, 1.165) is 28.3 Å². The van der Waals surface area contributed by atoms with Crippen molar-refractivity contribution in [2.45, 2.75) is 58.9 Å². The molecule has 0 bridgehead atoms. The van der Waals surface area contributed by atoms with Crippen LogP contribution < -0.4 is 10.9 Å². The van der Waals surface area contributed by atoms with Crippen molar-refractivity contribution in [1.29, 1.82) is 0 Å². The van der Waals surface area contributed by atoms with E-state index in [-0.39, 0.29) is 12.8 Å². The number of hydrogen-bond donors (Lipinski definition) is 2. The smallest absolute Gasteiger partial charge is 0.339 e. The van der Waals surface area contributed by atoms with E-state index in [1.54, 1.807) is 12.3 Å². The van der Waals surface area contributed by atoms with Crippen LogP contribution >= 0.6 is 0 Å². The van der Waals surface area contributed by atoms with Crippen LogP contribution in [0.15, 0.2) is 32.0 Å². The average Bonchev–Trinajstić information content (AvgIpc) is 3.03. The van der Waals surface area contributed by atoms with Gasteiger partial charge in [-0.2, -0.15) is 0 Å². The minimum Gasteiger partial charge on any atom is -0.480 e. The van der Waals surface area contributed by atoms with Gasteiger partial charge in [-0.25, -0.2) is 9.59 Å². The molecule has 2 heterocycles. The average molecular weight is 399 g/mol. The first kappa shape index (κ1) is 20.6. The Hall–Kier alpha value is -3.09. The van der Waals surface area contributed by atoms with Gasteiger partial charge >= 0.3 is 11.6 Å². The number of carbonyl (C=O) groups excluding carboxylic acids is 1. The van der Waals surface area contributed by atoms with Gasteiger partial charge in [-0.3, -0.25) is 4.79 Å². The van der Waals surface area contributed by atoms with Gasteiger partial charge < -0.3 is 19.3 Å². The largest absolute Gasteiger partial charge is 0.480 e. The molecule has 3 rings (SSSR count). The monoisotopic (exact) mass is 399 g/mol. The number of aliphatic carboxylic acids is 1. The summed E-state index contributed by atoms with van der Waals surface area (Å²) >= 11 is 0. The zero-order chi connectivity index (χ0) is 21.1. The van der Waals surface area contributed by atoms with Crippen LogP contribution in [0, 0.1) is 13.8 Å². The van der Waals surface area contributed by atoms with Crippen molar-refractivity contribution in [3.63, 3.8) is 0 Å². The standard InChI is InChI=1S/C22H25NO6/c1-4-5-6-17(21(25)26)23-20(24)8-7-14-13(3)16-9-15-12(2)11-28-18(15)10-19(16)29-22(14)27/h9-11,17H,4-8H2,1-3H3,(H,23,24)(H,25,26)/t17-/m1/s1. The second-order valence-electron chi connectivity index (χ2n) is 7.36. The molecule has 0 aliphatic rings. The summed E-state index contributed by atoms with van der Waals surface area (Å²) in [5.41, 5.74) is 2.76. The van der Waals surface area contributed by atoms with Gasteiger partial charge in [0.05, 0.1) is 6.26 Å². The third kappa shape index (κ3) is 4.34. The Bertz CT molecular complexity index is 1120. The van der Waals surface area contributed by atoms with Crippen LogP contribution in [0.1, 0.15) is 49.3 Å². The third-order valence-electron chi connectivity index (χ3n) is 5.26. The first-order valence-electron chi connectivity index (χ1n) is 9.78. The molecular formula is C22H25NO6. The number of benzene rings is 1. The van der Waals surface area contributed by atoms with E-state index in [9.17, 15) is 19.5 Å². The summed E-state index contributed by atoms with van der Waals surface area (Å²) in [6.07, 6.45) is 3.79. The Labute approximate surface area is 167 Å². The lowest BCUT2D eigenvalue weighted by atomic mass is 10.0. The molecule has 0 spiro atoms. The van der Waals surface area contributed by atoms with Gasteiger partial charge in [0.1, 0.15) is 17.2 Å². The molecule has 7 nitrogen and oxygen atoms in total. The van der Waals surface area contributed by atoms with Crippen molar-refractivity contribution in [3.05, 3.63) is 45.5 Å². The molecule has 7 heteroatoms. The highest BCUT2D eigenvalue weighted by Gasteiger charge is 2.20. The Morgan fingerprint density at radius 3 is 2.62 bits per heavy atom. The predicted molar refractivity (Wildman–Crippen MR) is 109 cm³/mol. The molecule has 2 aromatic heterocycles. The molecule has 0 aliphatic heterocycles. The number of furan rings is 1. The van der Waals surface area contributed by atoms with Gasteiger partial charge in [0.15, 0.2) is 0 Å². The van der Waals surface area contributed by atoms with E-state index in [0.29, 0.717) is 29.6 Å². The van der Waals surface area contributed by atoms with Crippen molar-refractivity contribution >= 4 is 33.8 Å². The molecule has 1 amide bonds. The lowest BCUT2D eigenvalue weighted by Crippen LogP contribution is -2.40. The summed E-state index contributed by atoms with van der Waals surface area (Å²) in [6, 6.07) is 2.72. The van der Waals surface area contributed by atoms with Crippen molar-refractivity contribution in [1.82, 2.24) is 5.32 Å². The molecule has 2 N–H and O–H groups in total. The number of carbonyl (C=O) groups is 2. The summed E-state index contributed by atoms with van der Waals surface area (Å²) in [5, 5.41) is 13.5. The molecular weight excluding hydrogens is 374 g/mol. The molecule has 1 atom stereocenters. The molecule has 0 radical (unpaired) electrons. The normalized spacial score (nSPS) is 12.4. The second-order valence-corrected chi connectivity index (χ2v) is 7.36. The minimum absolute atomic E-state index is 0.0139. The van der Waals surface area contributed by atoms with Crippen LogP contribution in [0.2, 0.25) is 0 Å². The van der Waals surface area contributed by atoms with E-state index >= 15 is 0 Å². The number of rotatable bonds is 8. The number of hydrogen-bond acceptors (Lipinski definition) is 5. The highest BCUT2D eigenvalue weighted by molar-refractivity contribution is 5.96. The summed E-state index contributed by atoms with van der Waals surface area (Å²) in [7, 11) is 0. The zero-order valence-electron chi connectivity index (χ0n) is 16.8. The van der Waals surface area contributed by atoms with Crippen molar-refractivity contribution in [2.24, 2.45) is 0 Å². The molecule has 1 aromatic carbocycles. The van der Waals surface area contributed by atoms with Crippen LogP contribution in [0.4, 0.5) is 0 Å². The van der Waals surface area contributed by atoms with Crippen molar-refractivity contribution in [3.8, 4) is 0 Å². The van der Waals surface area contributed by atoms with E-state index < -0.39 is 23.5 Å². The van der Waals surface area contributed by atoms with Crippen LogP contribution in [0.25, 0.3) is 21.9 Å². The first-order chi connectivity index (χ1) is 13.8. The molecule has 0 unspecified atom stereocenters. The Morgan fingerprint density at radius 1 is 1.17 bits per heavy atom. The summed E-state index contributed by atoms with van der Waals surface area (Å²) in [4.78, 5) is 36.0. The maximum atomic E-state index is 12.5. The Balaban J connectivity index is 1.81. The number of fused-ring (bicyclic) bond motifs is 2. The van der Waals surface area contributed by atoms with Crippen LogP contribution in [0.3, 0.4) is 0 Å². The molecule has 0 saturated carbocycles. The lowest BCUT2D eigenvalue weighted by molar-refractivity contribution is -0.142. The fraction of sp³-hybridized carbons (Fsp3) is 0.409.